The van der Waals surface area contributed by atoms with E-state index < -0.39 is 5.82 Å². The first-order valence-electron chi connectivity index (χ1n) is 9.47. The van der Waals surface area contributed by atoms with Crippen LogP contribution in [-0.4, -0.2) is 21.9 Å². The minimum atomic E-state index is -0.449. The Hall–Kier alpha value is -2.37. The molecular weight excluding hydrogens is 331 g/mol. The molecule has 0 radical (unpaired) electrons. The molecule has 0 spiro atoms. The number of rotatable bonds is 3. The molecule has 4 N–H and O–H groups in total. The Balaban J connectivity index is 1.34. The van der Waals surface area contributed by atoms with Gasteiger partial charge in [0.2, 0.25) is 0 Å². The lowest BCUT2D eigenvalue weighted by Gasteiger charge is -2.54. The third-order valence-electron chi connectivity index (χ3n) is 6.65. The standard InChI is InChI=1S/C20H23FN4O/c21-15-7-16(19(22)24-9-15)14-6-17(23-8-14)20(26)25-18-12-2-10-1-11(4-12)5-13(18)3-10/h6-13,18,23H,1-5H2,(H2,22,24)(H,25,26). The van der Waals surface area contributed by atoms with Crippen molar-refractivity contribution in [3.63, 3.8) is 0 Å². The zero-order valence-corrected chi connectivity index (χ0v) is 14.5. The van der Waals surface area contributed by atoms with Crippen LogP contribution in [-0.2, 0) is 0 Å². The van der Waals surface area contributed by atoms with Crippen LogP contribution in [0.15, 0.2) is 24.5 Å². The highest BCUT2D eigenvalue weighted by atomic mass is 19.1. The number of H-pyrrole nitrogens is 1. The van der Waals surface area contributed by atoms with Gasteiger partial charge in [0, 0.05) is 23.4 Å². The average Bonchev–Trinajstić information content (AvgIpc) is 3.09. The van der Waals surface area contributed by atoms with Crippen molar-refractivity contribution >= 4 is 11.7 Å². The van der Waals surface area contributed by atoms with Gasteiger partial charge in [0.1, 0.15) is 17.3 Å². The number of carbonyl (C=O) groups excluding carboxylic acids is 1. The molecule has 4 aliphatic carbocycles. The monoisotopic (exact) mass is 354 g/mol. The number of nitrogens with two attached hydrogens (primary N) is 1. The molecule has 2 aromatic heterocycles. The van der Waals surface area contributed by atoms with Gasteiger partial charge in [-0.25, -0.2) is 9.37 Å². The van der Waals surface area contributed by atoms with Crippen LogP contribution in [0.25, 0.3) is 11.1 Å². The number of nitrogens with zero attached hydrogens (tertiary/aromatic N) is 1. The van der Waals surface area contributed by atoms with E-state index in [1.165, 1.54) is 38.2 Å². The lowest BCUT2D eigenvalue weighted by Crippen LogP contribution is -2.55. The Bertz CT molecular complexity index is 833. The number of halogens is 1. The van der Waals surface area contributed by atoms with Crippen LogP contribution < -0.4 is 11.1 Å². The Morgan fingerprint density at radius 2 is 1.85 bits per heavy atom. The zero-order valence-electron chi connectivity index (χ0n) is 14.5. The Kier molecular flexibility index (Phi) is 3.55. The topological polar surface area (TPSA) is 83.8 Å². The molecule has 6 rings (SSSR count). The van der Waals surface area contributed by atoms with E-state index in [4.69, 9.17) is 5.73 Å². The SMILES string of the molecule is Nc1ncc(F)cc1-c1c[nH]c(C(=O)NC2C3CC4CC(C3)CC2C4)c1. The van der Waals surface area contributed by atoms with Gasteiger partial charge in [-0.15, -0.1) is 0 Å². The first-order valence-corrected chi connectivity index (χ1v) is 9.47. The van der Waals surface area contributed by atoms with Crippen molar-refractivity contribution < 1.29 is 9.18 Å². The summed E-state index contributed by atoms with van der Waals surface area (Å²) in [5.74, 6) is 2.74. The summed E-state index contributed by atoms with van der Waals surface area (Å²) in [6.45, 7) is 0. The van der Waals surface area contributed by atoms with Crippen LogP contribution in [0.5, 0.6) is 0 Å². The summed E-state index contributed by atoms with van der Waals surface area (Å²) in [4.78, 5) is 19.6. The molecule has 1 amide bonds. The van der Waals surface area contributed by atoms with Gasteiger partial charge >= 0.3 is 0 Å². The number of nitrogens with one attached hydrogen (secondary N) is 2. The number of carbonyl (C=O) groups is 1. The smallest absolute Gasteiger partial charge is 0.267 e. The highest BCUT2D eigenvalue weighted by Gasteiger charge is 2.48. The second-order valence-corrected chi connectivity index (χ2v) is 8.32. The van der Waals surface area contributed by atoms with Gasteiger partial charge in [0.15, 0.2) is 0 Å². The minimum Gasteiger partial charge on any atom is -0.383 e. The number of aromatic nitrogens is 2. The van der Waals surface area contributed by atoms with E-state index >= 15 is 0 Å². The number of hydrogen-bond acceptors (Lipinski definition) is 3. The number of hydrogen-bond donors (Lipinski definition) is 3. The lowest BCUT2D eigenvalue weighted by atomic mass is 9.54. The van der Waals surface area contributed by atoms with E-state index in [0.29, 0.717) is 34.7 Å². The van der Waals surface area contributed by atoms with Crippen LogP contribution in [0.4, 0.5) is 10.2 Å². The van der Waals surface area contributed by atoms with E-state index in [9.17, 15) is 9.18 Å². The molecule has 136 valence electrons. The van der Waals surface area contributed by atoms with E-state index in [0.717, 1.165) is 18.0 Å². The fourth-order valence-corrected chi connectivity index (χ4v) is 5.75. The van der Waals surface area contributed by atoms with Crippen molar-refractivity contribution in [1.29, 1.82) is 0 Å². The average molecular weight is 354 g/mol. The molecule has 4 saturated carbocycles. The number of amides is 1. The highest BCUT2D eigenvalue weighted by molar-refractivity contribution is 5.94. The summed E-state index contributed by atoms with van der Waals surface area (Å²) in [5, 5.41) is 3.28. The van der Waals surface area contributed by atoms with E-state index in [2.05, 4.69) is 15.3 Å². The second-order valence-electron chi connectivity index (χ2n) is 8.32. The number of nitrogen functional groups attached to an aromatic ring is 1. The molecule has 26 heavy (non-hydrogen) atoms. The molecule has 2 aromatic rings. The summed E-state index contributed by atoms with van der Waals surface area (Å²) in [7, 11) is 0. The zero-order chi connectivity index (χ0) is 17.8. The van der Waals surface area contributed by atoms with Gasteiger partial charge in [-0.1, -0.05) is 0 Å². The van der Waals surface area contributed by atoms with Crippen LogP contribution in [0, 0.1) is 29.5 Å². The first-order chi connectivity index (χ1) is 12.6. The molecular formula is C20H23FN4O. The van der Waals surface area contributed by atoms with Crippen LogP contribution in [0.1, 0.15) is 42.6 Å². The molecule has 0 atom stereocenters. The Labute approximate surface area is 151 Å². The molecule has 0 aliphatic heterocycles. The fraction of sp³-hybridized carbons (Fsp3) is 0.500. The van der Waals surface area contributed by atoms with Crippen LogP contribution >= 0.6 is 0 Å². The number of aromatic amines is 1. The van der Waals surface area contributed by atoms with Crippen molar-refractivity contribution in [3.8, 4) is 11.1 Å². The maximum Gasteiger partial charge on any atom is 0.267 e. The highest BCUT2D eigenvalue weighted by Crippen LogP contribution is 2.53. The van der Waals surface area contributed by atoms with Gasteiger partial charge in [0.25, 0.3) is 5.91 Å². The molecule has 6 heteroatoms. The Morgan fingerprint density at radius 3 is 2.54 bits per heavy atom. The molecule has 2 heterocycles. The summed E-state index contributed by atoms with van der Waals surface area (Å²) in [5.41, 5.74) is 7.49. The quantitative estimate of drug-likeness (QED) is 0.790. The molecule has 0 saturated heterocycles. The summed E-state index contributed by atoms with van der Waals surface area (Å²) >= 11 is 0. The third-order valence-corrected chi connectivity index (χ3v) is 6.65. The molecule has 4 fully saturated rings. The maximum absolute atomic E-state index is 13.5. The summed E-state index contributed by atoms with van der Waals surface area (Å²) in [6, 6.07) is 3.35. The number of anilines is 1. The van der Waals surface area contributed by atoms with Crippen molar-refractivity contribution in [3.05, 3.63) is 36.0 Å². The third kappa shape index (κ3) is 2.59. The molecule has 0 aromatic carbocycles. The van der Waals surface area contributed by atoms with Crippen LogP contribution in [0.3, 0.4) is 0 Å². The summed E-state index contributed by atoms with van der Waals surface area (Å²) in [6.07, 6.45) is 9.22. The van der Waals surface area contributed by atoms with Gasteiger partial charge in [0.05, 0.1) is 6.20 Å². The Morgan fingerprint density at radius 1 is 1.15 bits per heavy atom. The fourth-order valence-electron chi connectivity index (χ4n) is 5.75. The van der Waals surface area contributed by atoms with Crippen molar-refractivity contribution in [2.75, 3.05) is 5.73 Å². The molecule has 0 unspecified atom stereocenters. The van der Waals surface area contributed by atoms with Crippen molar-refractivity contribution in [1.82, 2.24) is 15.3 Å². The van der Waals surface area contributed by atoms with Crippen LogP contribution in [0.2, 0.25) is 0 Å². The molecule has 5 nitrogen and oxygen atoms in total. The second kappa shape index (κ2) is 5.83. The molecule has 4 aliphatic rings. The first kappa shape index (κ1) is 15.9. The van der Waals surface area contributed by atoms with E-state index in [1.807, 2.05) is 0 Å². The van der Waals surface area contributed by atoms with Gasteiger partial charge in [-0.3, -0.25) is 4.79 Å². The summed E-state index contributed by atoms with van der Waals surface area (Å²) < 4.78 is 13.5. The van der Waals surface area contributed by atoms with Gasteiger partial charge in [-0.2, -0.15) is 0 Å². The normalized spacial score (nSPS) is 32.0. The largest absolute Gasteiger partial charge is 0.383 e. The van der Waals surface area contributed by atoms with Gasteiger partial charge in [-0.05, 0) is 67.9 Å². The predicted molar refractivity (Wildman–Crippen MR) is 96.7 cm³/mol. The van der Waals surface area contributed by atoms with E-state index in [1.54, 1.807) is 12.3 Å². The van der Waals surface area contributed by atoms with Gasteiger partial charge < -0.3 is 16.0 Å². The maximum atomic E-state index is 13.5. The predicted octanol–water partition coefficient (Wildman–Crippen LogP) is 3.35. The van der Waals surface area contributed by atoms with Crippen molar-refractivity contribution in [2.24, 2.45) is 23.7 Å². The van der Waals surface area contributed by atoms with Crippen molar-refractivity contribution in [2.45, 2.75) is 38.1 Å². The molecule has 4 bridgehead atoms. The minimum absolute atomic E-state index is 0.0864. The number of pyridine rings is 1. The lowest BCUT2D eigenvalue weighted by molar-refractivity contribution is -0.0120. The van der Waals surface area contributed by atoms with E-state index in [-0.39, 0.29) is 11.7 Å².